The molecule has 0 bridgehead atoms. The summed E-state index contributed by atoms with van der Waals surface area (Å²) in [6, 6.07) is 16.2. The van der Waals surface area contributed by atoms with Gasteiger partial charge in [-0.2, -0.15) is 4.68 Å². The van der Waals surface area contributed by atoms with E-state index in [4.69, 9.17) is 4.98 Å². The lowest BCUT2D eigenvalue weighted by Gasteiger charge is -2.22. The molecule has 3 heterocycles. The number of aromatic amines is 1. The van der Waals surface area contributed by atoms with Crippen molar-refractivity contribution in [3.63, 3.8) is 0 Å². The average molecular weight is 483 g/mol. The maximum absolute atomic E-state index is 12.9. The minimum atomic E-state index is -0.446. The number of rotatable bonds is 5. The summed E-state index contributed by atoms with van der Waals surface area (Å²) >= 11 is 0. The summed E-state index contributed by atoms with van der Waals surface area (Å²) in [5, 5.41) is 11.5. The zero-order valence-electron chi connectivity index (χ0n) is 20.0. The maximum Gasteiger partial charge on any atom is 0.329 e. The number of hydrogen-bond acceptors (Lipinski definition) is 6. The van der Waals surface area contributed by atoms with Crippen molar-refractivity contribution in [3.8, 4) is 16.8 Å². The Kier molecular flexibility index (Phi) is 5.55. The lowest BCUT2D eigenvalue weighted by molar-refractivity contribution is 0.420. The van der Waals surface area contributed by atoms with E-state index < -0.39 is 11.2 Å². The topological polar surface area (TPSA) is 116 Å². The van der Waals surface area contributed by atoms with Gasteiger partial charge in [0.1, 0.15) is 12.2 Å². The van der Waals surface area contributed by atoms with Gasteiger partial charge in [-0.1, -0.05) is 61.7 Å². The van der Waals surface area contributed by atoms with Gasteiger partial charge in [-0.05, 0) is 40.5 Å². The van der Waals surface area contributed by atoms with Crippen LogP contribution in [0, 0.1) is 0 Å². The number of hydrogen-bond donors (Lipinski definition) is 1. The van der Waals surface area contributed by atoms with Gasteiger partial charge in [-0.25, -0.2) is 9.78 Å². The van der Waals surface area contributed by atoms with Crippen molar-refractivity contribution in [2.45, 2.75) is 44.6 Å². The number of aryl methyl sites for hydroxylation is 1. The Hall–Kier alpha value is -4.34. The molecule has 36 heavy (non-hydrogen) atoms. The highest BCUT2D eigenvalue weighted by Gasteiger charge is 2.25. The van der Waals surface area contributed by atoms with Crippen LogP contribution >= 0.6 is 0 Å². The fraction of sp³-hybridized carbons (Fsp3) is 0.308. The first-order valence-electron chi connectivity index (χ1n) is 12.2. The highest BCUT2D eigenvalue weighted by atomic mass is 16.2. The van der Waals surface area contributed by atoms with Crippen molar-refractivity contribution >= 4 is 11.2 Å². The molecule has 2 aromatic carbocycles. The van der Waals surface area contributed by atoms with Crippen LogP contribution in [0.25, 0.3) is 28.0 Å². The van der Waals surface area contributed by atoms with Crippen molar-refractivity contribution in [1.82, 2.24) is 39.3 Å². The Morgan fingerprint density at radius 3 is 2.53 bits per heavy atom. The average Bonchev–Trinajstić information content (AvgIpc) is 3.58. The van der Waals surface area contributed by atoms with E-state index in [1.54, 1.807) is 18.1 Å². The van der Waals surface area contributed by atoms with Gasteiger partial charge in [0.2, 0.25) is 0 Å². The quantitative estimate of drug-likeness (QED) is 0.411. The standard InChI is InChI=1S/C26H26N8O2/c1-32-24-22(25(35)29-26(32)36)33(23(28-24)19-7-3-2-4-8-19)15-17-11-13-18(14-12-17)20-9-5-6-10-21(20)34-16-27-30-31-34/h5-6,9-14,16,19H,2-4,7-8,15H2,1H3,(H,29,35,36). The first-order valence-corrected chi connectivity index (χ1v) is 12.2. The highest BCUT2D eigenvalue weighted by molar-refractivity contribution is 5.73. The van der Waals surface area contributed by atoms with Crippen LogP contribution in [-0.4, -0.2) is 39.3 Å². The molecule has 5 aromatic rings. The van der Waals surface area contributed by atoms with Crippen LogP contribution in [0.3, 0.4) is 0 Å². The van der Waals surface area contributed by atoms with E-state index in [2.05, 4.69) is 44.8 Å². The van der Waals surface area contributed by atoms with Crippen molar-refractivity contribution < 1.29 is 0 Å². The fourth-order valence-electron chi connectivity index (χ4n) is 5.25. The molecule has 0 radical (unpaired) electrons. The van der Waals surface area contributed by atoms with E-state index >= 15 is 0 Å². The molecule has 1 saturated carbocycles. The van der Waals surface area contributed by atoms with Gasteiger partial charge < -0.3 is 4.57 Å². The van der Waals surface area contributed by atoms with Gasteiger partial charge in [-0.15, -0.1) is 5.10 Å². The van der Waals surface area contributed by atoms with Crippen LogP contribution < -0.4 is 11.2 Å². The molecule has 0 atom stereocenters. The highest BCUT2D eigenvalue weighted by Crippen LogP contribution is 2.34. The number of H-pyrrole nitrogens is 1. The Bertz CT molecular complexity index is 1640. The molecule has 0 amide bonds. The van der Waals surface area contributed by atoms with Crippen LogP contribution in [0.5, 0.6) is 0 Å². The van der Waals surface area contributed by atoms with E-state index in [0.29, 0.717) is 17.7 Å². The Balaban J connectivity index is 1.40. The molecular formula is C26H26N8O2. The number of imidazole rings is 1. The van der Waals surface area contributed by atoms with Crippen molar-refractivity contribution in [2.75, 3.05) is 0 Å². The Morgan fingerprint density at radius 1 is 1.00 bits per heavy atom. The number of fused-ring (bicyclic) bond motifs is 1. The smallest absolute Gasteiger partial charge is 0.317 e. The summed E-state index contributed by atoms with van der Waals surface area (Å²) in [4.78, 5) is 32.4. The van der Waals surface area contributed by atoms with E-state index in [-0.39, 0.29) is 5.92 Å². The SMILES string of the molecule is Cn1c(=O)[nH]c(=O)c2c1nc(C1CCCCC1)n2Cc1ccc(-c2ccccc2-n2cnnn2)cc1. The van der Waals surface area contributed by atoms with Crippen molar-refractivity contribution in [1.29, 1.82) is 0 Å². The molecule has 10 nitrogen and oxygen atoms in total. The molecule has 182 valence electrons. The third-order valence-electron chi connectivity index (χ3n) is 7.11. The molecule has 6 rings (SSSR count). The molecule has 1 N–H and O–H groups in total. The second-order valence-corrected chi connectivity index (χ2v) is 9.35. The van der Waals surface area contributed by atoms with Crippen molar-refractivity contribution in [2.24, 2.45) is 7.05 Å². The number of benzene rings is 2. The van der Waals surface area contributed by atoms with Crippen LogP contribution in [0.4, 0.5) is 0 Å². The molecule has 0 unspecified atom stereocenters. The number of para-hydroxylation sites is 1. The van der Waals surface area contributed by atoms with E-state index in [1.165, 1.54) is 11.0 Å². The monoisotopic (exact) mass is 482 g/mol. The predicted octanol–water partition coefficient (Wildman–Crippen LogP) is 3.16. The minimum absolute atomic E-state index is 0.281. The summed E-state index contributed by atoms with van der Waals surface area (Å²) in [7, 11) is 1.65. The first kappa shape index (κ1) is 22.1. The zero-order valence-corrected chi connectivity index (χ0v) is 20.0. The number of nitrogens with zero attached hydrogens (tertiary/aromatic N) is 7. The lowest BCUT2D eigenvalue weighted by Crippen LogP contribution is -2.29. The van der Waals surface area contributed by atoms with E-state index in [1.807, 2.05) is 28.8 Å². The van der Waals surface area contributed by atoms with Gasteiger partial charge in [0.15, 0.2) is 11.2 Å². The maximum atomic E-state index is 12.9. The van der Waals surface area contributed by atoms with E-state index in [0.717, 1.165) is 53.9 Å². The van der Waals surface area contributed by atoms with Gasteiger partial charge in [-0.3, -0.25) is 14.3 Å². The summed E-state index contributed by atoms with van der Waals surface area (Å²) in [6.07, 6.45) is 7.19. The number of tetrazole rings is 1. The second kappa shape index (κ2) is 9.03. The molecule has 0 spiro atoms. The Labute approximate surface area is 206 Å². The molecule has 1 aliphatic carbocycles. The Morgan fingerprint density at radius 2 is 1.78 bits per heavy atom. The largest absolute Gasteiger partial charge is 0.329 e. The molecule has 3 aromatic heterocycles. The van der Waals surface area contributed by atoms with Crippen LogP contribution in [-0.2, 0) is 13.6 Å². The van der Waals surface area contributed by atoms with Crippen LogP contribution in [0.15, 0.2) is 64.4 Å². The first-order chi connectivity index (χ1) is 17.6. The minimum Gasteiger partial charge on any atom is -0.317 e. The summed E-state index contributed by atoms with van der Waals surface area (Å²) in [6.45, 7) is 0.499. The van der Waals surface area contributed by atoms with Gasteiger partial charge >= 0.3 is 5.69 Å². The summed E-state index contributed by atoms with van der Waals surface area (Å²) < 4.78 is 5.08. The number of aromatic nitrogens is 8. The van der Waals surface area contributed by atoms with Crippen molar-refractivity contribution in [3.05, 3.63) is 87.1 Å². The van der Waals surface area contributed by atoms with Gasteiger partial charge in [0.25, 0.3) is 5.56 Å². The summed E-state index contributed by atoms with van der Waals surface area (Å²) in [5.74, 6) is 1.17. The molecule has 1 aliphatic rings. The molecule has 0 saturated heterocycles. The normalized spacial score (nSPS) is 14.5. The predicted molar refractivity (Wildman–Crippen MR) is 135 cm³/mol. The third-order valence-corrected chi connectivity index (χ3v) is 7.11. The number of nitrogens with one attached hydrogen (secondary N) is 1. The molecule has 10 heteroatoms. The molecular weight excluding hydrogens is 456 g/mol. The molecule has 1 fully saturated rings. The van der Waals surface area contributed by atoms with Gasteiger partial charge in [0.05, 0.1) is 5.69 Å². The fourth-order valence-corrected chi connectivity index (χ4v) is 5.25. The third kappa shape index (κ3) is 3.84. The summed E-state index contributed by atoms with van der Waals surface area (Å²) in [5.41, 5.74) is 4.03. The molecule has 0 aliphatic heterocycles. The zero-order chi connectivity index (χ0) is 24.6. The van der Waals surface area contributed by atoms with E-state index in [9.17, 15) is 9.59 Å². The van der Waals surface area contributed by atoms with Crippen LogP contribution in [0.1, 0.15) is 49.4 Å². The lowest BCUT2D eigenvalue weighted by atomic mass is 9.88. The van der Waals surface area contributed by atoms with Gasteiger partial charge in [0, 0.05) is 25.1 Å². The second-order valence-electron chi connectivity index (χ2n) is 9.35. The van der Waals surface area contributed by atoms with Crippen LogP contribution in [0.2, 0.25) is 0 Å².